The maximum Gasteiger partial charge on any atom is 0.271 e. The summed E-state index contributed by atoms with van der Waals surface area (Å²) in [6.45, 7) is 9.14. The van der Waals surface area contributed by atoms with Crippen molar-refractivity contribution in [2.24, 2.45) is 5.10 Å². The van der Waals surface area contributed by atoms with Crippen LogP contribution in [-0.4, -0.2) is 28.1 Å². The lowest BCUT2D eigenvalue weighted by atomic mass is 9.99. The van der Waals surface area contributed by atoms with Gasteiger partial charge in [0.05, 0.1) is 6.21 Å². The van der Waals surface area contributed by atoms with Crippen molar-refractivity contribution in [2.45, 2.75) is 40.3 Å². The summed E-state index contributed by atoms with van der Waals surface area (Å²) in [7, 11) is 0. The molecule has 5 rings (SSSR count). The maximum absolute atomic E-state index is 12.6. The fourth-order valence-corrected chi connectivity index (χ4v) is 5.02. The predicted molar refractivity (Wildman–Crippen MR) is 146 cm³/mol. The van der Waals surface area contributed by atoms with Crippen LogP contribution in [0.4, 0.5) is 0 Å². The van der Waals surface area contributed by atoms with E-state index in [1.165, 1.54) is 22.3 Å². The molecular formula is C31H32N4O. The molecule has 1 N–H and O–H groups in total. The lowest BCUT2D eigenvalue weighted by Crippen LogP contribution is -2.30. The zero-order valence-corrected chi connectivity index (χ0v) is 21.2. The van der Waals surface area contributed by atoms with Crippen LogP contribution in [0.25, 0.3) is 5.69 Å². The maximum atomic E-state index is 12.6. The average Bonchev–Trinajstić information content (AvgIpc) is 3.17. The Morgan fingerprint density at radius 3 is 2.50 bits per heavy atom. The van der Waals surface area contributed by atoms with E-state index in [-0.39, 0.29) is 5.91 Å². The Morgan fingerprint density at radius 2 is 1.72 bits per heavy atom. The van der Waals surface area contributed by atoms with Crippen molar-refractivity contribution in [1.82, 2.24) is 14.9 Å². The van der Waals surface area contributed by atoms with Crippen molar-refractivity contribution in [3.63, 3.8) is 0 Å². The number of rotatable bonds is 6. The third-order valence-corrected chi connectivity index (χ3v) is 6.93. The SMILES string of the molecule is Cc1cccc(-n2c(C)cc(/C=N/NC(=O)c3ccc(CN4CCc5ccccc5C4)cc3)c2C)c1. The first-order valence-electron chi connectivity index (χ1n) is 12.5. The first-order chi connectivity index (χ1) is 17.5. The lowest BCUT2D eigenvalue weighted by Gasteiger charge is -2.28. The molecule has 0 spiro atoms. The van der Waals surface area contributed by atoms with Crippen LogP contribution in [-0.2, 0) is 19.5 Å². The van der Waals surface area contributed by atoms with E-state index in [2.05, 4.69) is 95.4 Å². The Labute approximate surface area is 213 Å². The molecular weight excluding hydrogens is 444 g/mol. The van der Waals surface area contributed by atoms with Gasteiger partial charge in [0.2, 0.25) is 0 Å². The zero-order valence-electron chi connectivity index (χ0n) is 21.2. The minimum absolute atomic E-state index is 0.211. The number of nitrogens with one attached hydrogen (secondary N) is 1. The molecule has 2 heterocycles. The van der Waals surface area contributed by atoms with Gasteiger partial charge in [-0.25, -0.2) is 5.43 Å². The van der Waals surface area contributed by atoms with Gasteiger partial charge >= 0.3 is 0 Å². The highest BCUT2D eigenvalue weighted by molar-refractivity contribution is 5.95. The largest absolute Gasteiger partial charge is 0.318 e. The van der Waals surface area contributed by atoms with Crippen LogP contribution in [0.3, 0.4) is 0 Å². The summed E-state index contributed by atoms with van der Waals surface area (Å²) in [5.41, 5.74) is 12.9. The topological polar surface area (TPSA) is 49.6 Å². The molecule has 0 radical (unpaired) electrons. The number of carbonyl (C=O) groups excluding carboxylic acids is 1. The third-order valence-electron chi connectivity index (χ3n) is 6.93. The summed E-state index contributed by atoms with van der Waals surface area (Å²) in [5.74, 6) is -0.211. The van der Waals surface area contributed by atoms with Crippen molar-refractivity contribution >= 4 is 12.1 Å². The standard InChI is InChI=1S/C31H32N4O/c1-22-7-6-10-30(17-22)35-23(2)18-29(24(35)3)19-32-33-31(36)27-13-11-25(12-14-27)20-34-16-15-26-8-4-5-9-28(26)21-34/h4-14,17-19H,15-16,20-21H2,1-3H3,(H,33,36)/b32-19+. The van der Waals surface area contributed by atoms with Crippen molar-refractivity contribution in [3.05, 3.63) is 124 Å². The molecule has 5 heteroatoms. The molecule has 0 bridgehead atoms. The Balaban J connectivity index is 1.20. The average molecular weight is 477 g/mol. The second-order valence-electron chi connectivity index (χ2n) is 9.63. The van der Waals surface area contributed by atoms with Crippen LogP contribution < -0.4 is 5.43 Å². The predicted octanol–water partition coefficient (Wildman–Crippen LogP) is 5.72. The highest BCUT2D eigenvalue weighted by atomic mass is 16.2. The Kier molecular flexibility index (Phi) is 6.83. The van der Waals surface area contributed by atoms with E-state index in [1.807, 2.05) is 24.3 Å². The van der Waals surface area contributed by atoms with E-state index in [0.29, 0.717) is 5.56 Å². The number of benzene rings is 3. The molecule has 1 amide bonds. The van der Waals surface area contributed by atoms with Crippen LogP contribution in [0.15, 0.2) is 84.0 Å². The molecule has 0 unspecified atom stereocenters. The fourth-order valence-electron chi connectivity index (χ4n) is 5.02. The van der Waals surface area contributed by atoms with Gasteiger partial charge in [-0.2, -0.15) is 5.10 Å². The highest BCUT2D eigenvalue weighted by Crippen LogP contribution is 2.21. The van der Waals surface area contributed by atoms with Gasteiger partial charge in [-0.05, 0) is 79.8 Å². The zero-order chi connectivity index (χ0) is 25.1. The van der Waals surface area contributed by atoms with Crippen LogP contribution in [0, 0.1) is 20.8 Å². The molecule has 0 saturated heterocycles. The first kappa shape index (κ1) is 23.8. The first-order valence-corrected chi connectivity index (χ1v) is 12.5. The molecule has 0 atom stereocenters. The molecule has 1 aromatic heterocycles. The van der Waals surface area contributed by atoms with Gasteiger partial charge in [-0.1, -0.05) is 48.5 Å². The second kappa shape index (κ2) is 10.3. The molecule has 1 aliphatic rings. The molecule has 36 heavy (non-hydrogen) atoms. The monoisotopic (exact) mass is 476 g/mol. The van der Waals surface area contributed by atoms with Crippen molar-refractivity contribution < 1.29 is 4.79 Å². The Morgan fingerprint density at radius 1 is 0.944 bits per heavy atom. The number of aromatic nitrogens is 1. The van der Waals surface area contributed by atoms with Gasteiger partial charge in [0, 0.05) is 47.8 Å². The van der Waals surface area contributed by atoms with Crippen LogP contribution in [0.1, 0.15) is 49.6 Å². The van der Waals surface area contributed by atoms with E-state index >= 15 is 0 Å². The lowest BCUT2D eigenvalue weighted by molar-refractivity contribution is 0.0955. The number of carbonyl (C=O) groups is 1. The Bertz CT molecular complexity index is 1420. The number of fused-ring (bicyclic) bond motifs is 1. The van der Waals surface area contributed by atoms with Crippen LogP contribution in [0.5, 0.6) is 0 Å². The number of nitrogens with zero attached hydrogens (tertiary/aromatic N) is 3. The minimum atomic E-state index is -0.211. The quantitative estimate of drug-likeness (QED) is 0.286. The Hall–Kier alpha value is -3.96. The van der Waals surface area contributed by atoms with Gasteiger partial charge in [0.25, 0.3) is 5.91 Å². The molecule has 182 valence electrons. The van der Waals surface area contributed by atoms with E-state index < -0.39 is 0 Å². The summed E-state index contributed by atoms with van der Waals surface area (Å²) in [6.07, 6.45) is 2.80. The number of hydrazone groups is 1. The molecule has 0 aliphatic carbocycles. The number of amides is 1. The summed E-state index contributed by atoms with van der Waals surface area (Å²) in [5, 5.41) is 4.24. The second-order valence-corrected chi connectivity index (χ2v) is 9.63. The molecule has 4 aromatic rings. The van der Waals surface area contributed by atoms with Gasteiger partial charge in [0.15, 0.2) is 0 Å². The smallest absolute Gasteiger partial charge is 0.271 e. The minimum Gasteiger partial charge on any atom is -0.318 e. The summed E-state index contributed by atoms with van der Waals surface area (Å²) in [6, 6.07) is 27.0. The molecule has 0 fully saturated rings. The number of hydrogen-bond donors (Lipinski definition) is 1. The van der Waals surface area contributed by atoms with Gasteiger partial charge in [0.1, 0.15) is 0 Å². The van der Waals surface area contributed by atoms with E-state index in [4.69, 9.17) is 0 Å². The van der Waals surface area contributed by atoms with Gasteiger partial charge in [-0.3, -0.25) is 9.69 Å². The van der Waals surface area contributed by atoms with Crippen molar-refractivity contribution in [1.29, 1.82) is 0 Å². The third kappa shape index (κ3) is 5.16. The van der Waals surface area contributed by atoms with Gasteiger partial charge in [-0.15, -0.1) is 0 Å². The highest BCUT2D eigenvalue weighted by Gasteiger charge is 2.16. The van der Waals surface area contributed by atoms with E-state index in [1.54, 1.807) is 6.21 Å². The summed E-state index contributed by atoms with van der Waals surface area (Å²) < 4.78 is 2.20. The van der Waals surface area contributed by atoms with Crippen molar-refractivity contribution in [2.75, 3.05) is 6.54 Å². The molecule has 5 nitrogen and oxygen atoms in total. The van der Waals surface area contributed by atoms with E-state index in [0.717, 1.165) is 48.7 Å². The van der Waals surface area contributed by atoms with Crippen molar-refractivity contribution in [3.8, 4) is 5.69 Å². The van der Waals surface area contributed by atoms with E-state index in [9.17, 15) is 4.79 Å². The van der Waals surface area contributed by atoms with Gasteiger partial charge < -0.3 is 4.57 Å². The summed E-state index contributed by atoms with van der Waals surface area (Å²) >= 11 is 0. The number of aryl methyl sites for hydroxylation is 2. The van der Waals surface area contributed by atoms with Crippen LogP contribution >= 0.6 is 0 Å². The molecule has 1 aliphatic heterocycles. The van der Waals surface area contributed by atoms with Crippen LogP contribution in [0.2, 0.25) is 0 Å². The summed E-state index contributed by atoms with van der Waals surface area (Å²) in [4.78, 5) is 15.1. The molecule has 0 saturated carbocycles. The number of hydrogen-bond acceptors (Lipinski definition) is 3. The fraction of sp³-hybridized carbons (Fsp3) is 0.226. The normalized spacial score (nSPS) is 13.6. The molecule has 3 aromatic carbocycles.